The summed E-state index contributed by atoms with van der Waals surface area (Å²) in [6, 6.07) is -0.582. The molecule has 3 N–H and O–H groups in total. The predicted octanol–water partition coefficient (Wildman–Crippen LogP) is 0.530. The van der Waals surface area contributed by atoms with Crippen molar-refractivity contribution in [1.29, 1.82) is 0 Å². The number of nitrogens with two attached hydrogens (primary N) is 1. The van der Waals surface area contributed by atoms with Crippen LogP contribution in [0.4, 0.5) is 0 Å². The van der Waals surface area contributed by atoms with E-state index in [2.05, 4.69) is 5.29 Å². The fraction of sp³-hybridized carbons (Fsp3) is 0.882. The van der Waals surface area contributed by atoms with Crippen molar-refractivity contribution in [2.24, 2.45) is 22.9 Å². The van der Waals surface area contributed by atoms with E-state index in [1.165, 1.54) is 9.91 Å². The minimum absolute atomic E-state index is 0.136. The molecule has 4 aliphatic carbocycles. The van der Waals surface area contributed by atoms with Gasteiger partial charge in [-0.25, -0.2) is 5.01 Å². The SMILES string of the molecule is NC(=O)C1CCCN1C(=O)CN(N=O)C12CC3CC(CC(O)(C3)C1)C2. The van der Waals surface area contributed by atoms with Gasteiger partial charge in [0.05, 0.1) is 16.4 Å². The Bertz CT molecular complexity index is 595. The van der Waals surface area contributed by atoms with Gasteiger partial charge < -0.3 is 15.7 Å². The lowest BCUT2D eigenvalue weighted by atomic mass is 9.51. The van der Waals surface area contributed by atoms with Gasteiger partial charge in [0.1, 0.15) is 12.6 Å². The number of nitrogens with zero attached hydrogens (tertiary/aromatic N) is 3. The lowest BCUT2D eigenvalue weighted by molar-refractivity contribution is -0.179. The summed E-state index contributed by atoms with van der Waals surface area (Å²) in [4.78, 5) is 37.4. The van der Waals surface area contributed by atoms with Crippen molar-refractivity contribution in [2.45, 2.75) is 68.5 Å². The second-order valence-electron chi connectivity index (χ2n) is 8.70. The molecule has 4 saturated carbocycles. The van der Waals surface area contributed by atoms with Crippen LogP contribution in [0.5, 0.6) is 0 Å². The molecule has 4 bridgehead atoms. The monoisotopic (exact) mass is 350 g/mol. The van der Waals surface area contributed by atoms with Crippen molar-refractivity contribution < 1.29 is 14.7 Å². The van der Waals surface area contributed by atoms with Crippen LogP contribution >= 0.6 is 0 Å². The number of hydrogen-bond acceptors (Lipinski definition) is 5. The maximum atomic E-state index is 12.7. The Labute approximate surface area is 146 Å². The topological polar surface area (TPSA) is 116 Å². The van der Waals surface area contributed by atoms with Gasteiger partial charge in [0.15, 0.2) is 0 Å². The Balaban J connectivity index is 1.52. The Kier molecular flexibility index (Phi) is 3.79. The number of hydrogen-bond donors (Lipinski definition) is 2. The molecule has 0 radical (unpaired) electrons. The largest absolute Gasteiger partial charge is 0.390 e. The second-order valence-corrected chi connectivity index (χ2v) is 8.70. The van der Waals surface area contributed by atoms with Crippen molar-refractivity contribution in [1.82, 2.24) is 9.91 Å². The van der Waals surface area contributed by atoms with Crippen molar-refractivity contribution in [3.05, 3.63) is 4.91 Å². The van der Waals surface area contributed by atoms with E-state index in [1.807, 2.05) is 0 Å². The normalized spacial score (nSPS) is 41.8. The highest BCUT2D eigenvalue weighted by molar-refractivity contribution is 5.88. The summed E-state index contributed by atoms with van der Waals surface area (Å²) in [5, 5.41) is 15.4. The zero-order valence-electron chi connectivity index (χ0n) is 14.4. The van der Waals surface area contributed by atoms with Crippen LogP contribution in [0.1, 0.15) is 51.4 Å². The highest BCUT2D eigenvalue weighted by Crippen LogP contribution is 2.59. The molecule has 1 aliphatic heterocycles. The predicted molar refractivity (Wildman–Crippen MR) is 88.8 cm³/mol. The third-order valence-corrected chi connectivity index (χ3v) is 6.83. The molecule has 8 nitrogen and oxygen atoms in total. The standard InChI is InChI=1S/C17H26N4O4/c18-15(23)13-2-1-3-20(13)14(22)9-21(19-25)16-5-11-4-12(6-16)8-17(24,7-11)10-16/h11-13,24H,1-10H2,(H2,18,23). The molecule has 5 aliphatic rings. The number of aliphatic hydroxyl groups is 1. The van der Waals surface area contributed by atoms with E-state index in [9.17, 15) is 19.6 Å². The molecular formula is C17H26N4O4. The Morgan fingerprint density at radius 2 is 1.92 bits per heavy atom. The summed E-state index contributed by atoms with van der Waals surface area (Å²) < 4.78 is 0. The summed E-state index contributed by atoms with van der Waals surface area (Å²) >= 11 is 0. The molecule has 1 saturated heterocycles. The first-order valence-electron chi connectivity index (χ1n) is 9.26. The Morgan fingerprint density at radius 1 is 1.24 bits per heavy atom. The minimum Gasteiger partial charge on any atom is -0.390 e. The molecule has 0 aromatic rings. The van der Waals surface area contributed by atoms with Gasteiger partial charge in [0.25, 0.3) is 0 Å². The van der Waals surface area contributed by atoms with E-state index in [0.29, 0.717) is 31.2 Å². The van der Waals surface area contributed by atoms with E-state index in [0.717, 1.165) is 38.5 Å². The number of rotatable bonds is 5. The van der Waals surface area contributed by atoms with Gasteiger partial charge in [-0.2, -0.15) is 0 Å². The zero-order valence-corrected chi connectivity index (χ0v) is 14.4. The van der Waals surface area contributed by atoms with Crippen molar-refractivity contribution in [3.8, 4) is 0 Å². The molecule has 8 heteroatoms. The van der Waals surface area contributed by atoms with Crippen molar-refractivity contribution in [3.63, 3.8) is 0 Å². The molecule has 138 valence electrons. The number of carbonyl (C=O) groups excluding carboxylic acids is 2. The van der Waals surface area contributed by atoms with Crippen molar-refractivity contribution in [2.75, 3.05) is 13.1 Å². The summed E-state index contributed by atoms with van der Waals surface area (Å²) in [6.07, 6.45) is 6.12. The van der Waals surface area contributed by atoms with Crippen LogP contribution in [-0.4, -0.2) is 57.1 Å². The smallest absolute Gasteiger partial charge is 0.244 e. The molecule has 0 aromatic carbocycles. The average Bonchev–Trinajstić information content (AvgIpc) is 2.99. The number of nitroso groups, excluding NO2 is 1. The average molecular weight is 350 g/mol. The summed E-state index contributed by atoms with van der Waals surface area (Å²) in [7, 11) is 0. The van der Waals surface area contributed by atoms with Crippen LogP contribution in [0.2, 0.25) is 0 Å². The van der Waals surface area contributed by atoms with Crippen molar-refractivity contribution >= 4 is 11.8 Å². The third-order valence-electron chi connectivity index (χ3n) is 6.83. The van der Waals surface area contributed by atoms with Crippen LogP contribution in [0, 0.1) is 16.7 Å². The molecule has 0 spiro atoms. The van der Waals surface area contributed by atoms with Gasteiger partial charge in [-0.3, -0.25) is 9.59 Å². The Morgan fingerprint density at radius 3 is 2.48 bits per heavy atom. The first kappa shape index (κ1) is 16.8. The highest BCUT2D eigenvalue weighted by Gasteiger charge is 2.60. The fourth-order valence-electron chi connectivity index (χ4n) is 6.33. The van der Waals surface area contributed by atoms with E-state index in [-0.39, 0.29) is 12.5 Å². The third kappa shape index (κ3) is 2.70. The molecular weight excluding hydrogens is 324 g/mol. The quantitative estimate of drug-likeness (QED) is 0.554. The molecule has 5 rings (SSSR count). The molecule has 5 fully saturated rings. The van der Waals surface area contributed by atoms with Crippen LogP contribution < -0.4 is 5.73 Å². The van der Waals surface area contributed by atoms with E-state index >= 15 is 0 Å². The van der Waals surface area contributed by atoms with Gasteiger partial charge in [-0.15, -0.1) is 4.91 Å². The van der Waals surface area contributed by atoms with Gasteiger partial charge in [0, 0.05) is 13.0 Å². The molecule has 1 heterocycles. The zero-order chi connectivity index (χ0) is 17.8. The van der Waals surface area contributed by atoms with Crippen LogP contribution in [0.25, 0.3) is 0 Å². The molecule has 2 amide bonds. The maximum absolute atomic E-state index is 12.7. The first-order chi connectivity index (χ1) is 11.8. The van der Waals surface area contributed by atoms with Crippen LogP contribution in [-0.2, 0) is 9.59 Å². The minimum atomic E-state index is -0.723. The van der Waals surface area contributed by atoms with Gasteiger partial charge >= 0.3 is 0 Å². The maximum Gasteiger partial charge on any atom is 0.244 e. The molecule has 0 aromatic heterocycles. The molecule has 3 atom stereocenters. The lowest BCUT2D eigenvalue weighted by Crippen LogP contribution is -2.65. The van der Waals surface area contributed by atoms with E-state index < -0.39 is 23.1 Å². The van der Waals surface area contributed by atoms with E-state index in [1.54, 1.807) is 0 Å². The van der Waals surface area contributed by atoms with Crippen LogP contribution in [0.15, 0.2) is 5.29 Å². The summed E-state index contributed by atoms with van der Waals surface area (Å²) in [6.45, 7) is 0.351. The number of amides is 2. The molecule has 25 heavy (non-hydrogen) atoms. The molecule has 3 unspecified atom stereocenters. The van der Waals surface area contributed by atoms with Gasteiger partial charge in [-0.05, 0) is 56.8 Å². The second kappa shape index (κ2) is 5.65. The number of likely N-dealkylation sites (tertiary alicyclic amines) is 1. The lowest BCUT2D eigenvalue weighted by Gasteiger charge is -2.61. The van der Waals surface area contributed by atoms with Gasteiger partial charge in [-0.1, -0.05) is 0 Å². The Hall–Kier alpha value is -1.70. The highest BCUT2D eigenvalue weighted by atomic mass is 16.3. The van der Waals surface area contributed by atoms with E-state index in [4.69, 9.17) is 5.73 Å². The number of primary amides is 1. The summed E-state index contributed by atoms with van der Waals surface area (Å²) in [5.74, 6) is 0.0238. The fourth-order valence-corrected chi connectivity index (χ4v) is 6.33. The van der Waals surface area contributed by atoms with Crippen LogP contribution in [0.3, 0.4) is 0 Å². The first-order valence-corrected chi connectivity index (χ1v) is 9.26. The summed E-state index contributed by atoms with van der Waals surface area (Å²) in [5.41, 5.74) is 4.15. The number of carbonyl (C=O) groups is 2. The van der Waals surface area contributed by atoms with Gasteiger partial charge in [0.2, 0.25) is 11.8 Å².